The second kappa shape index (κ2) is 7.77. The third-order valence-corrected chi connectivity index (χ3v) is 5.39. The molecule has 2 heterocycles. The number of pyridine rings is 1. The van der Waals surface area contributed by atoms with Crippen LogP contribution in [0.25, 0.3) is 0 Å². The maximum absolute atomic E-state index is 12.3. The van der Waals surface area contributed by atoms with Gasteiger partial charge in [0.05, 0.1) is 23.0 Å². The number of sulfonamides is 1. The van der Waals surface area contributed by atoms with Crippen LogP contribution in [0.1, 0.15) is 5.56 Å². The fourth-order valence-corrected chi connectivity index (χ4v) is 3.53. The maximum atomic E-state index is 12.3. The summed E-state index contributed by atoms with van der Waals surface area (Å²) in [6.07, 6.45) is 1.63. The van der Waals surface area contributed by atoms with E-state index in [1.54, 1.807) is 6.20 Å². The molecule has 0 spiro atoms. The molecule has 0 aliphatic carbocycles. The summed E-state index contributed by atoms with van der Waals surface area (Å²) < 4.78 is 32.3. The van der Waals surface area contributed by atoms with E-state index in [4.69, 9.17) is 4.74 Å². The normalized spacial score (nSPS) is 15.0. The van der Waals surface area contributed by atoms with Crippen LogP contribution in [-0.4, -0.2) is 44.6 Å². The number of ether oxygens (including phenoxy) is 1. The molecule has 1 aromatic heterocycles. The van der Waals surface area contributed by atoms with E-state index in [0.717, 1.165) is 31.0 Å². The Kier molecular flexibility index (Phi) is 5.45. The molecule has 0 atom stereocenters. The summed E-state index contributed by atoms with van der Waals surface area (Å²) in [5, 5.41) is 10.6. The monoisotopic (exact) mass is 378 g/mol. The predicted octanol–water partition coefficient (Wildman–Crippen LogP) is 1.30. The van der Waals surface area contributed by atoms with Gasteiger partial charge in [-0.2, -0.15) is 0 Å². The maximum Gasteiger partial charge on any atom is 0.269 e. The fourth-order valence-electron chi connectivity index (χ4n) is 2.51. The molecule has 1 fully saturated rings. The number of hydrogen-bond acceptors (Lipinski definition) is 7. The van der Waals surface area contributed by atoms with Gasteiger partial charge in [-0.25, -0.2) is 18.1 Å². The number of benzene rings is 1. The van der Waals surface area contributed by atoms with Crippen LogP contribution in [-0.2, 0) is 21.3 Å². The van der Waals surface area contributed by atoms with Crippen LogP contribution in [0.5, 0.6) is 0 Å². The van der Waals surface area contributed by atoms with Crippen molar-refractivity contribution >= 4 is 21.5 Å². The van der Waals surface area contributed by atoms with Crippen molar-refractivity contribution in [2.75, 3.05) is 31.2 Å². The van der Waals surface area contributed by atoms with E-state index in [2.05, 4.69) is 14.6 Å². The number of aromatic nitrogens is 1. The molecule has 0 radical (unpaired) electrons. The molecule has 1 N–H and O–H groups in total. The van der Waals surface area contributed by atoms with E-state index in [1.165, 1.54) is 12.1 Å². The Hall–Kier alpha value is -2.56. The molecule has 26 heavy (non-hydrogen) atoms. The number of nitro benzene ring substituents is 1. The number of nitrogens with one attached hydrogen (secondary N) is 1. The van der Waals surface area contributed by atoms with Gasteiger partial charge >= 0.3 is 0 Å². The Labute approximate surface area is 150 Å². The first kappa shape index (κ1) is 18.2. The minimum atomic E-state index is -3.76. The second-order valence-corrected chi connectivity index (χ2v) is 7.47. The van der Waals surface area contributed by atoms with E-state index in [9.17, 15) is 18.5 Å². The standard InChI is InChI=1S/C16H18N4O5S/c21-20(22)14-2-4-15(5-3-14)26(23,24)18-12-13-1-6-16(17-11-13)19-7-9-25-10-8-19/h1-6,11,18H,7-10,12H2. The van der Waals surface area contributed by atoms with Crippen molar-refractivity contribution < 1.29 is 18.1 Å². The third-order valence-electron chi connectivity index (χ3n) is 3.97. The summed E-state index contributed by atoms with van der Waals surface area (Å²) in [5.41, 5.74) is 0.555. The van der Waals surface area contributed by atoms with E-state index < -0.39 is 14.9 Å². The molecule has 3 rings (SSSR count). The second-order valence-electron chi connectivity index (χ2n) is 5.70. The van der Waals surface area contributed by atoms with Crippen LogP contribution < -0.4 is 9.62 Å². The smallest absolute Gasteiger partial charge is 0.269 e. The Morgan fingerprint density at radius 1 is 1.15 bits per heavy atom. The number of nitro groups is 1. The summed E-state index contributed by atoms with van der Waals surface area (Å²) in [4.78, 5) is 16.5. The number of hydrogen-bond donors (Lipinski definition) is 1. The lowest BCUT2D eigenvalue weighted by Crippen LogP contribution is -2.36. The molecular formula is C16H18N4O5S. The number of non-ortho nitro benzene ring substituents is 1. The largest absolute Gasteiger partial charge is 0.378 e. The lowest BCUT2D eigenvalue weighted by atomic mass is 10.3. The first-order valence-corrected chi connectivity index (χ1v) is 9.46. The van der Waals surface area contributed by atoms with Crippen molar-refractivity contribution in [1.29, 1.82) is 0 Å². The number of anilines is 1. The summed E-state index contributed by atoms with van der Waals surface area (Å²) in [5.74, 6) is 0.829. The molecule has 1 aliphatic rings. The highest BCUT2D eigenvalue weighted by molar-refractivity contribution is 7.89. The van der Waals surface area contributed by atoms with E-state index in [-0.39, 0.29) is 17.1 Å². The van der Waals surface area contributed by atoms with Gasteiger partial charge in [0, 0.05) is 38.0 Å². The molecular weight excluding hydrogens is 360 g/mol. The van der Waals surface area contributed by atoms with Crippen molar-refractivity contribution in [3.05, 3.63) is 58.3 Å². The van der Waals surface area contributed by atoms with Crippen molar-refractivity contribution in [3.63, 3.8) is 0 Å². The topological polar surface area (TPSA) is 115 Å². The van der Waals surface area contributed by atoms with Gasteiger partial charge in [0.15, 0.2) is 0 Å². The van der Waals surface area contributed by atoms with E-state index in [1.807, 2.05) is 12.1 Å². The van der Waals surface area contributed by atoms with Crippen molar-refractivity contribution in [1.82, 2.24) is 9.71 Å². The molecule has 1 aromatic carbocycles. The molecule has 0 unspecified atom stereocenters. The zero-order chi connectivity index (χ0) is 18.6. The van der Waals surface area contributed by atoms with Crippen molar-refractivity contribution in [2.24, 2.45) is 0 Å². The summed E-state index contributed by atoms with van der Waals surface area (Å²) in [7, 11) is -3.76. The van der Waals surface area contributed by atoms with Crippen LogP contribution in [0.15, 0.2) is 47.5 Å². The molecule has 9 nitrogen and oxygen atoms in total. The quantitative estimate of drug-likeness (QED) is 0.595. The lowest BCUT2D eigenvalue weighted by molar-refractivity contribution is -0.384. The Bertz CT molecular complexity index is 863. The van der Waals surface area contributed by atoms with Crippen LogP contribution >= 0.6 is 0 Å². The first-order chi connectivity index (χ1) is 12.5. The van der Waals surface area contributed by atoms with Gasteiger partial charge in [-0.15, -0.1) is 0 Å². The summed E-state index contributed by atoms with van der Waals surface area (Å²) in [6, 6.07) is 8.40. The zero-order valence-electron chi connectivity index (χ0n) is 13.9. The van der Waals surface area contributed by atoms with Gasteiger partial charge < -0.3 is 9.64 Å². The average molecular weight is 378 g/mol. The highest BCUT2D eigenvalue weighted by atomic mass is 32.2. The van der Waals surface area contributed by atoms with Crippen molar-refractivity contribution in [2.45, 2.75) is 11.4 Å². The molecule has 138 valence electrons. The molecule has 2 aromatic rings. The highest BCUT2D eigenvalue weighted by Crippen LogP contribution is 2.17. The molecule has 0 saturated carbocycles. The van der Waals surface area contributed by atoms with Gasteiger partial charge in [0.25, 0.3) is 5.69 Å². The van der Waals surface area contributed by atoms with Gasteiger partial charge in [-0.05, 0) is 23.8 Å². The summed E-state index contributed by atoms with van der Waals surface area (Å²) in [6.45, 7) is 2.96. The number of nitrogens with zero attached hydrogens (tertiary/aromatic N) is 3. The SMILES string of the molecule is O=[N+]([O-])c1ccc(S(=O)(=O)NCc2ccc(N3CCOCC3)nc2)cc1. The molecule has 1 saturated heterocycles. The molecule has 0 bridgehead atoms. The van der Waals surface area contributed by atoms with Gasteiger partial charge in [0.1, 0.15) is 5.82 Å². The van der Waals surface area contributed by atoms with E-state index >= 15 is 0 Å². The van der Waals surface area contributed by atoms with Crippen LogP contribution in [0.2, 0.25) is 0 Å². The molecule has 1 aliphatic heterocycles. The van der Waals surface area contributed by atoms with Gasteiger partial charge in [-0.1, -0.05) is 6.07 Å². The zero-order valence-corrected chi connectivity index (χ0v) is 14.7. The third kappa shape index (κ3) is 4.34. The average Bonchev–Trinajstić information content (AvgIpc) is 2.67. The summed E-state index contributed by atoms with van der Waals surface area (Å²) >= 11 is 0. The van der Waals surface area contributed by atoms with Crippen LogP contribution in [0.3, 0.4) is 0 Å². The lowest BCUT2D eigenvalue weighted by Gasteiger charge is -2.27. The number of rotatable bonds is 6. The molecule has 10 heteroatoms. The Balaban J connectivity index is 1.62. The van der Waals surface area contributed by atoms with Crippen LogP contribution in [0.4, 0.5) is 11.5 Å². The van der Waals surface area contributed by atoms with Gasteiger partial charge in [0.2, 0.25) is 10.0 Å². The Morgan fingerprint density at radius 2 is 1.85 bits per heavy atom. The number of morpholine rings is 1. The van der Waals surface area contributed by atoms with E-state index in [0.29, 0.717) is 18.8 Å². The minimum absolute atomic E-state index is 0.0269. The van der Waals surface area contributed by atoms with Crippen molar-refractivity contribution in [3.8, 4) is 0 Å². The molecule has 0 amide bonds. The minimum Gasteiger partial charge on any atom is -0.378 e. The first-order valence-electron chi connectivity index (χ1n) is 7.97. The predicted molar refractivity (Wildman–Crippen MR) is 94.4 cm³/mol. The van der Waals surface area contributed by atoms with Gasteiger partial charge in [-0.3, -0.25) is 10.1 Å². The fraction of sp³-hybridized carbons (Fsp3) is 0.312. The van der Waals surface area contributed by atoms with Crippen LogP contribution in [0, 0.1) is 10.1 Å². The Morgan fingerprint density at radius 3 is 2.42 bits per heavy atom. The highest BCUT2D eigenvalue weighted by Gasteiger charge is 2.16.